The molecule has 1 fully saturated rings. The first kappa shape index (κ1) is 16.8. The molecule has 0 bridgehead atoms. The molecule has 0 spiro atoms. The minimum absolute atomic E-state index is 0.275. The maximum atomic E-state index is 5.31. The Balaban J connectivity index is 2.16. The SMILES string of the molecule is COc1ccc(CN2CC(C)NCC2C(C)(C)C)cc1Br. The highest BCUT2D eigenvalue weighted by Crippen LogP contribution is 2.30. The molecule has 0 aromatic heterocycles. The molecule has 0 amide bonds. The average molecular weight is 355 g/mol. The highest BCUT2D eigenvalue weighted by Gasteiger charge is 2.34. The zero-order valence-electron chi connectivity index (χ0n) is 13.7. The van der Waals surface area contributed by atoms with Crippen molar-refractivity contribution >= 4 is 15.9 Å². The molecule has 118 valence electrons. The second-order valence-corrected chi connectivity index (χ2v) is 7.94. The van der Waals surface area contributed by atoms with Crippen LogP contribution in [0.4, 0.5) is 0 Å². The van der Waals surface area contributed by atoms with Crippen molar-refractivity contribution in [3.05, 3.63) is 28.2 Å². The fraction of sp³-hybridized carbons (Fsp3) is 0.647. The van der Waals surface area contributed by atoms with Gasteiger partial charge in [-0.2, -0.15) is 0 Å². The fourth-order valence-electron chi connectivity index (χ4n) is 3.06. The summed E-state index contributed by atoms with van der Waals surface area (Å²) in [5, 5.41) is 3.61. The summed E-state index contributed by atoms with van der Waals surface area (Å²) in [7, 11) is 1.70. The summed E-state index contributed by atoms with van der Waals surface area (Å²) < 4.78 is 6.34. The lowest BCUT2D eigenvalue weighted by molar-refractivity contribution is 0.0526. The standard InChI is InChI=1S/C17H27BrN2O/c1-12-10-20(16(9-19-12)17(2,3)4)11-13-6-7-15(21-5)14(18)8-13/h6-8,12,16,19H,9-11H2,1-5H3. The Labute approximate surface area is 137 Å². The summed E-state index contributed by atoms with van der Waals surface area (Å²) in [5.41, 5.74) is 1.60. The van der Waals surface area contributed by atoms with Crippen LogP contribution in [0.1, 0.15) is 33.3 Å². The number of rotatable bonds is 3. The van der Waals surface area contributed by atoms with E-state index in [4.69, 9.17) is 4.74 Å². The minimum Gasteiger partial charge on any atom is -0.496 e. The van der Waals surface area contributed by atoms with Crippen molar-refractivity contribution in [3.8, 4) is 5.75 Å². The van der Waals surface area contributed by atoms with E-state index in [-0.39, 0.29) is 5.41 Å². The number of halogens is 1. The minimum atomic E-state index is 0.275. The number of nitrogens with one attached hydrogen (secondary N) is 1. The van der Waals surface area contributed by atoms with Gasteiger partial charge >= 0.3 is 0 Å². The monoisotopic (exact) mass is 354 g/mol. The normalized spacial score (nSPS) is 24.1. The van der Waals surface area contributed by atoms with E-state index in [2.05, 4.69) is 66.0 Å². The van der Waals surface area contributed by atoms with Crippen LogP contribution in [0.3, 0.4) is 0 Å². The van der Waals surface area contributed by atoms with Gasteiger partial charge in [0.1, 0.15) is 5.75 Å². The van der Waals surface area contributed by atoms with Crippen molar-refractivity contribution in [3.63, 3.8) is 0 Å². The number of benzene rings is 1. The van der Waals surface area contributed by atoms with E-state index in [0.717, 1.165) is 29.9 Å². The van der Waals surface area contributed by atoms with E-state index in [1.165, 1.54) is 5.56 Å². The molecular weight excluding hydrogens is 328 g/mol. The van der Waals surface area contributed by atoms with Crippen molar-refractivity contribution in [1.29, 1.82) is 0 Å². The van der Waals surface area contributed by atoms with Crippen LogP contribution in [0.15, 0.2) is 22.7 Å². The van der Waals surface area contributed by atoms with Crippen LogP contribution in [0.5, 0.6) is 5.75 Å². The quantitative estimate of drug-likeness (QED) is 0.896. The van der Waals surface area contributed by atoms with E-state index in [1.54, 1.807) is 7.11 Å². The van der Waals surface area contributed by atoms with Gasteiger partial charge in [0.15, 0.2) is 0 Å². The molecule has 21 heavy (non-hydrogen) atoms. The lowest BCUT2D eigenvalue weighted by Gasteiger charge is -2.46. The first-order valence-electron chi connectivity index (χ1n) is 7.61. The van der Waals surface area contributed by atoms with Crippen LogP contribution in [-0.4, -0.2) is 37.2 Å². The Morgan fingerprint density at radius 1 is 1.38 bits per heavy atom. The van der Waals surface area contributed by atoms with Crippen LogP contribution in [-0.2, 0) is 6.54 Å². The van der Waals surface area contributed by atoms with E-state index in [0.29, 0.717) is 12.1 Å². The molecule has 1 N–H and O–H groups in total. The molecule has 0 radical (unpaired) electrons. The van der Waals surface area contributed by atoms with Crippen molar-refractivity contribution in [2.45, 2.75) is 46.3 Å². The second-order valence-electron chi connectivity index (χ2n) is 7.09. The van der Waals surface area contributed by atoms with E-state index < -0.39 is 0 Å². The van der Waals surface area contributed by atoms with Gasteiger partial charge in [-0.05, 0) is 46.0 Å². The number of hydrogen-bond acceptors (Lipinski definition) is 3. The topological polar surface area (TPSA) is 24.5 Å². The van der Waals surface area contributed by atoms with Gasteiger partial charge in [0, 0.05) is 31.7 Å². The van der Waals surface area contributed by atoms with Crippen LogP contribution in [0, 0.1) is 5.41 Å². The van der Waals surface area contributed by atoms with Gasteiger partial charge in [-0.15, -0.1) is 0 Å². The van der Waals surface area contributed by atoms with Gasteiger partial charge in [0.25, 0.3) is 0 Å². The number of ether oxygens (including phenoxy) is 1. The number of hydrogen-bond donors (Lipinski definition) is 1. The lowest BCUT2D eigenvalue weighted by atomic mass is 9.83. The zero-order valence-corrected chi connectivity index (χ0v) is 15.3. The van der Waals surface area contributed by atoms with Crippen LogP contribution in [0.2, 0.25) is 0 Å². The number of piperazine rings is 1. The Morgan fingerprint density at radius 2 is 2.10 bits per heavy atom. The largest absolute Gasteiger partial charge is 0.496 e. The van der Waals surface area contributed by atoms with E-state index in [1.807, 2.05) is 6.07 Å². The molecule has 1 saturated heterocycles. The van der Waals surface area contributed by atoms with Crippen molar-refractivity contribution in [2.24, 2.45) is 5.41 Å². The molecule has 0 aliphatic carbocycles. The first-order chi connectivity index (χ1) is 9.81. The third-order valence-electron chi connectivity index (χ3n) is 4.21. The van der Waals surface area contributed by atoms with Crippen molar-refractivity contribution in [1.82, 2.24) is 10.2 Å². The summed E-state index contributed by atoms with van der Waals surface area (Å²) in [5.74, 6) is 0.889. The number of methoxy groups -OCH3 is 1. The predicted octanol–water partition coefficient (Wildman–Crippen LogP) is 3.67. The zero-order chi connectivity index (χ0) is 15.6. The van der Waals surface area contributed by atoms with Gasteiger partial charge in [-0.25, -0.2) is 0 Å². The Bertz CT molecular complexity index is 484. The van der Waals surface area contributed by atoms with Crippen molar-refractivity contribution < 1.29 is 4.74 Å². The molecule has 1 aliphatic heterocycles. The summed E-state index contributed by atoms with van der Waals surface area (Å²) >= 11 is 3.58. The molecule has 1 aliphatic rings. The second kappa shape index (κ2) is 6.67. The molecule has 1 aromatic carbocycles. The highest BCUT2D eigenvalue weighted by atomic mass is 79.9. The molecular formula is C17H27BrN2O. The molecule has 0 saturated carbocycles. The van der Waals surface area contributed by atoms with Crippen LogP contribution >= 0.6 is 15.9 Å². The highest BCUT2D eigenvalue weighted by molar-refractivity contribution is 9.10. The third-order valence-corrected chi connectivity index (χ3v) is 4.83. The Hall–Kier alpha value is -0.580. The maximum Gasteiger partial charge on any atom is 0.133 e. The van der Waals surface area contributed by atoms with E-state index >= 15 is 0 Å². The van der Waals surface area contributed by atoms with Gasteiger partial charge in [-0.3, -0.25) is 4.90 Å². The Kier molecular flexibility index (Phi) is 5.33. The van der Waals surface area contributed by atoms with E-state index in [9.17, 15) is 0 Å². The van der Waals surface area contributed by atoms with Crippen LogP contribution < -0.4 is 10.1 Å². The average Bonchev–Trinajstić information content (AvgIpc) is 2.37. The fourth-order valence-corrected chi connectivity index (χ4v) is 3.64. The predicted molar refractivity (Wildman–Crippen MR) is 91.8 cm³/mol. The van der Waals surface area contributed by atoms with Gasteiger partial charge in [0.05, 0.1) is 11.6 Å². The van der Waals surface area contributed by atoms with Gasteiger partial charge in [0.2, 0.25) is 0 Å². The molecule has 2 unspecified atom stereocenters. The van der Waals surface area contributed by atoms with Gasteiger partial charge < -0.3 is 10.1 Å². The third kappa shape index (κ3) is 4.21. The number of nitrogens with zero attached hydrogens (tertiary/aromatic N) is 1. The molecule has 2 rings (SSSR count). The molecule has 1 heterocycles. The smallest absolute Gasteiger partial charge is 0.133 e. The first-order valence-corrected chi connectivity index (χ1v) is 8.40. The van der Waals surface area contributed by atoms with Gasteiger partial charge in [-0.1, -0.05) is 26.8 Å². The maximum absolute atomic E-state index is 5.31. The van der Waals surface area contributed by atoms with Crippen molar-refractivity contribution in [2.75, 3.05) is 20.2 Å². The summed E-state index contributed by atoms with van der Waals surface area (Å²) in [6.07, 6.45) is 0. The molecule has 3 nitrogen and oxygen atoms in total. The molecule has 1 aromatic rings. The summed E-state index contributed by atoms with van der Waals surface area (Å²) in [4.78, 5) is 2.61. The van der Waals surface area contributed by atoms with Crippen LogP contribution in [0.25, 0.3) is 0 Å². The lowest BCUT2D eigenvalue weighted by Crippen LogP contribution is -2.59. The molecule has 4 heteroatoms. The summed E-state index contributed by atoms with van der Waals surface area (Å²) in [6.45, 7) is 12.4. The summed E-state index contributed by atoms with van der Waals surface area (Å²) in [6, 6.07) is 7.47. The Morgan fingerprint density at radius 3 is 2.67 bits per heavy atom. The molecule has 2 atom stereocenters.